The van der Waals surface area contributed by atoms with Gasteiger partial charge in [-0.1, -0.05) is 34.1 Å². The molecule has 0 aromatic heterocycles. The van der Waals surface area contributed by atoms with E-state index >= 15 is 0 Å². The highest BCUT2D eigenvalue weighted by molar-refractivity contribution is 9.10. The fourth-order valence-electron chi connectivity index (χ4n) is 1.96. The van der Waals surface area contributed by atoms with Crippen LogP contribution in [0, 0.1) is 0 Å². The van der Waals surface area contributed by atoms with Crippen molar-refractivity contribution < 1.29 is 4.79 Å². The van der Waals surface area contributed by atoms with Crippen molar-refractivity contribution in [2.24, 2.45) is 0 Å². The van der Waals surface area contributed by atoms with Crippen LogP contribution in [-0.2, 0) is 11.2 Å². The number of nitrogens with one attached hydrogen (secondary N) is 1. The van der Waals surface area contributed by atoms with Gasteiger partial charge in [-0.2, -0.15) is 0 Å². The summed E-state index contributed by atoms with van der Waals surface area (Å²) in [5, 5.41) is 3.03. The van der Waals surface area contributed by atoms with Crippen molar-refractivity contribution in [1.82, 2.24) is 5.32 Å². The molecule has 0 saturated carbocycles. The number of hydrogen-bond acceptors (Lipinski definition) is 1. The molecule has 1 heterocycles. The van der Waals surface area contributed by atoms with Crippen molar-refractivity contribution in [1.29, 1.82) is 0 Å². The zero-order valence-corrected chi connectivity index (χ0v) is 10.1. The molecule has 15 heavy (non-hydrogen) atoms. The smallest absolute Gasteiger partial charge is 0.220 e. The zero-order chi connectivity index (χ0) is 10.7. The van der Waals surface area contributed by atoms with Gasteiger partial charge >= 0.3 is 0 Å². The van der Waals surface area contributed by atoms with E-state index in [0.717, 1.165) is 23.7 Å². The Morgan fingerprint density at radius 2 is 2.20 bits per heavy atom. The maximum Gasteiger partial charge on any atom is 0.220 e. The quantitative estimate of drug-likeness (QED) is 0.877. The number of amides is 1. The Labute approximate surface area is 98.2 Å². The van der Waals surface area contributed by atoms with E-state index in [0.29, 0.717) is 12.5 Å². The Kier molecular flexibility index (Phi) is 3.41. The number of piperidine rings is 1. The number of benzene rings is 1. The molecule has 1 N–H and O–H groups in total. The molecule has 1 fully saturated rings. The third-order valence-corrected chi connectivity index (χ3v) is 3.52. The third-order valence-electron chi connectivity index (χ3n) is 2.75. The van der Waals surface area contributed by atoms with Crippen molar-refractivity contribution in [3.05, 3.63) is 34.3 Å². The van der Waals surface area contributed by atoms with Gasteiger partial charge in [0.25, 0.3) is 0 Å². The predicted molar refractivity (Wildman–Crippen MR) is 63.6 cm³/mol. The van der Waals surface area contributed by atoms with Crippen LogP contribution in [0.4, 0.5) is 0 Å². The summed E-state index contributed by atoms with van der Waals surface area (Å²) in [6.07, 6.45) is 3.72. The number of rotatable bonds is 2. The van der Waals surface area contributed by atoms with Crippen LogP contribution in [0.15, 0.2) is 28.7 Å². The molecule has 0 aliphatic carbocycles. The highest BCUT2D eigenvalue weighted by Crippen LogP contribution is 2.20. The van der Waals surface area contributed by atoms with E-state index in [9.17, 15) is 4.79 Å². The summed E-state index contributed by atoms with van der Waals surface area (Å²) in [4.78, 5) is 11.2. The molecule has 1 atom stereocenters. The molecule has 2 rings (SSSR count). The van der Waals surface area contributed by atoms with Crippen molar-refractivity contribution in [3.8, 4) is 0 Å². The summed E-state index contributed by atoms with van der Waals surface area (Å²) in [7, 11) is 0. The Balaban J connectivity index is 2.02. The molecule has 0 spiro atoms. The molecule has 80 valence electrons. The van der Waals surface area contributed by atoms with Crippen molar-refractivity contribution >= 4 is 21.8 Å². The summed E-state index contributed by atoms with van der Waals surface area (Å²) in [6, 6.07) is 8.49. The molecular formula is C12H14BrNO. The van der Waals surface area contributed by atoms with Gasteiger partial charge in [-0.05, 0) is 30.9 Å². The van der Waals surface area contributed by atoms with Crippen LogP contribution in [0.1, 0.15) is 24.8 Å². The second-order valence-electron chi connectivity index (χ2n) is 3.95. The fraction of sp³-hybridized carbons (Fsp3) is 0.417. The third kappa shape index (κ3) is 2.81. The lowest BCUT2D eigenvalue weighted by Crippen LogP contribution is -2.40. The van der Waals surface area contributed by atoms with Crippen LogP contribution in [0.3, 0.4) is 0 Å². The second kappa shape index (κ2) is 4.79. The Morgan fingerprint density at radius 3 is 2.93 bits per heavy atom. The maximum atomic E-state index is 11.2. The van der Waals surface area contributed by atoms with Gasteiger partial charge in [-0.3, -0.25) is 4.79 Å². The van der Waals surface area contributed by atoms with Crippen molar-refractivity contribution in [2.75, 3.05) is 0 Å². The molecular weight excluding hydrogens is 254 g/mol. The molecule has 1 aliphatic rings. The van der Waals surface area contributed by atoms with Crippen LogP contribution >= 0.6 is 15.9 Å². The van der Waals surface area contributed by atoms with Gasteiger partial charge in [-0.15, -0.1) is 0 Å². The normalized spacial score (nSPS) is 21.1. The second-order valence-corrected chi connectivity index (χ2v) is 4.81. The van der Waals surface area contributed by atoms with Gasteiger partial charge in [0.05, 0.1) is 0 Å². The van der Waals surface area contributed by atoms with E-state index in [4.69, 9.17) is 0 Å². The Bertz CT molecular complexity index is 364. The summed E-state index contributed by atoms with van der Waals surface area (Å²) in [5.41, 5.74) is 1.27. The average molecular weight is 268 g/mol. The Morgan fingerprint density at radius 1 is 1.40 bits per heavy atom. The lowest BCUT2D eigenvalue weighted by atomic mass is 9.97. The van der Waals surface area contributed by atoms with E-state index in [1.54, 1.807) is 0 Å². The summed E-state index contributed by atoms with van der Waals surface area (Å²) in [5.74, 6) is 0.193. The summed E-state index contributed by atoms with van der Waals surface area (Å²) < 4.78 is 1.13. The lowest BCUT2D eigenvalue weighted by Gasteiger charge is -2.23. The van der Waals surface area contributed by atoms with Crippen LogP contribution in [-0.4, -0.2) is 11.9 Å². The molecule has 2 nitrogen and oxygen atoms in total. The first-order valence-electron chi connectivity index (χ1n) is 5.28. The minimum absolute atomic E-state index is 0.193. The summed E-state index contributed by atoms with van der Waals surface area (Å²) in [6.45, 7) is 0. The maximum absolute atomic E-state index is 11.2. The molecule has 0 radical (unpaired) electrons. The standard InChI is InChI=1S/C12H14BrNO/c13-11-6-2-1-4-9(11)8-10-5-3-7-12(15)14-10/h1-2,4,6,10H,3,5,7-8H2,(H,14,15). The fourth-order valence-corrected chi connectivity index (χ4v) is 2.41. The first kappa shape index (κ1) is 10.7. The van der Waals surface area contributed by atoms with Gasteiger partial charge in [-0.25, -0.2) is 0 Å². The SMILES string of the molecule is O=C1CCCC(Cc2ccccc2Br)N1. The van der Waals surface area contributed by atoms with Crippen LogP contribution in [0.2, 0.25) is 0 Å². The molecule has 1 aromatic rings. The number of halogens is 1. The van der Waals surface area contributed by atoms with E-state index in [1.165, 1.54) is 5.56 Å². The van der Waals surface area contributed by atoms with Crippen LogP contribution in [0.5, 0.6) is 0 Å². The zero-order valence-electron chi connectivity index (χ0n) is 8.50. The minimum Gasteiger partial charge on any atom is -0.353 e. The number of hydrogen-bond donors (Lipinski definition) is 1. The molecule has 1 saturated heterocycles. The number of carbonyl (C=O) groups is 1. The Hall–Kier alpha value is -0.830. The highest BCUT2D eigenvalue weighted by atomic mass is 79.9. The molecule has 1 aliphatic heterocycles. The average Bonchev–Trinajstić information content (AvgIpc) is 2.22. The van der Waals surface area contributed by atoms with Gasteiger partial charge in [0, 0.05) is 16.9 Å². The monoisotopic (exact) mass is 267 g/mol. The van der Waals surface area contributed by atoms with Crippen LogP contribution in [0.25, 0.3) is 0 Å². The van der Waals surface area contributed by atoms with Crippen molar-refractivity contribution in [3.63, 3.8) is 0 Å². The van der Waals surface area contributed by atoms with Gasteiger partial charge in [0.2, 0.25) is 5.91 Å². The lowest BCUT2D eigenvalue weighted by molar-refractivity contribution is -0.123. The first-order chi connectivity index (χ1) is 7.25. The summed E-state index contributed by atoms with van der Waals surface area (Å²) >= 11 is 3.53. The number of carbonyl (C=O) groups excluding carboxylic acids is 1. The van der Waals surface area contributed by atoms with Crippen LogP contribution < -0.4 is 5.32 Å². The molecule has 0 bridgehead atoms. The molecule has 1 aromatic carbocycles. The van der Waals surface area contributed by atoms with E-state index in [-0.39, 0.29) is 5.91 Å². The predicted octanol–water partition coefficient (Wildman–Crippen LogP) is 2.66. The highest BCUT2D eigenvalue weighted by Gasteiger charge is 2.18. The minimum atomic E-state index is 0.193. The van der Waals surface area contributed by atoms with Crippen molar-refractivity contribution in [2.45, 2.75) is 31.7 Å². The molecule has 1 amide bonds. The van der Waals surface area contributed by atoms with E-state index in [2.05, 4.69) is 27.3 Å². The topological polar surface area (TPSA) is 29.1 Å². The van der Waals surface area contributed by atoms with Gasteiger partial charge < -0.3 is 5.32 Å². The molecule has 3 heteroatoms. The van der Waals surface area contributed by atoms with Gasteiger partial charge in [0.15, 0.2) is 0 Å². The molecule has 1 unspecified atom stereocenters. The largest absolute Gasteiger partial charge is 0.353 e. The van der Waals surface area contributed by atoms with Gasteiger partial charge in [0.1, 0.15) is 0 Å². The van der Waals surface area contributed by atoms with E-state index in [1.807, 2.05) is 18.2 Å². The first-order valence-corrected chi connectivity index (χ1v) is 6.08. The van der Waals surface area contributed by atoms with E-state index < -0.39 is 0 Å².